The molecule has 6 nitrogen and oxygen atoms in total. The second-order valence-electron chi connectivity index (χ2n) is 6.99. The van der Waals surface area contributed by atoms with E-state index in [0.717, 1.165) is 41.8 Å². The normalized spacial score (nSPS) is 16.1. The van der Waals surface area contributed by atoms with Crippen LogP contribution in [-0.4, -0.2) is 52.2 Å². The summed E-state index contributed by atoms with van der Waals surface area (Å²) in [5, 5.41) is 9.11. The van der Waals surface area contributed by atoms with Crippen molar-refractivity contribution in [3.05, 3.63) is 34.4 Å². The zero-order valence-corrected chi connectivity index (χ0v) is 15.2. The number of thiazole rings is 1. The van der Waals surface area contributed by atoms with Gasteiger partial charge in [-0.15, -0.1) is 16.4 Å². The van der Waals surface area contributed by atoms with Crippen molar-refractivity contribution in [2.45, 2.75) is 32.6 Å². The number of amides is 1. The number of anilines is 1. The van der Waals surface area contributed by atoms with Crippen LogP contribution in [0.15, 0.2) is 24.5 Å². The largest absolute Gasteiger partial charge is 0.353 e. The van der Waals surface area contributed by atoms with Crippen LogP contribution in [0.3, 0.4) is 0 Å². The zero-order chi connectivity index (χ0) is 17.2. The van der Waals surface area contributed by atoms with E-state index in [0.29, 0.717) is 6.54 Å². The highest BCUT2D eigenvalue weighted by atomic mass is 32.1. The highest BCUT2D eigenvalue weighted by molar-refractivity contribution is 7.13. The lowest BCUT2D eigenvalue weighted by molar-refractivity contribution is 0.0771. The number of rotatable bonds is 2. The summed E-state index contributed by atoms with van der Waals surface area (Å²) < 4.78 is 0. The summed E-state index contributed by atoms with van der Waals surface area (Å²) in [5.41, 5.74) is -0.0231. The summed E-state index contributed by atoms with van der Waals surface area (Å²) in [5.74, 6) is 0.962. The third-order valence-electron chi connectivity index (χ3n) is 4.02. The molecule has 3 rings (SSSR count). The molecule has 2 aromatic rings. The van der Waals surface area contributed by atoms with Crippen molar-refractivity contribution < 1.29 is 4.79 Å². The fourth-order valence-electron chi connectivity index (χ4n) is 2.69. The van der Waals surface area contributed by atoms with Crippen molar-refractivity contribution in [1.82, 2.24) is 20.1 Å². The Bertz CT molecular complexity index is 695. The van der Waals surface area contributed by atoms with Crippen molar-refractivity contribution in [2.75, 3.05) is 31.1 Å². The molecule has 0 bridgehead atoms. The Hall–Kier alpha value is -2.02. The minimum atomic E-state index is -0.0231. The number of aromatic nitrogens is 3. The Balaban J connectivity index is 1.67. The molecule has 0 aromatic carbocycles. The number of carbonyl (C=O) groups is 1. The zero-order valence-electron chi connectivity index (χ0n) is 14.4. The molecule has 3 heterocycles. The first-order valence-electron chi connectivity index (χ1n) is 8.23. The Morgan fingerprint density at radius 2 is 2.04 bits per heavy atom. The van der Waals surface area contributed by atoms with E-state index in [-0.39, 0.29) is 11.3 Å². The SMILES string of the molecule is CC(C)(C)c1ncc(C(=O)N2CCCN(c3cccnn3)CC2)s1. The van der Waals surface area contributed by atoms with E-state index in [4.69, 9.17) is 0 Å². The first-order chi connectivity index (χ1) is 11.4. The molecule has 0 spiro atoms. The van der Waals surface area contributed by atoms with Crippen molar-refractivity contribution in [1.29, 1.82) is 0 Å². The molecule has 0 radical (unpaired) electrons. The molecule has 1 amide bonds. The lowest BCUT2D eigenvalue weighted by Gasteiger charge is -2.22. The summed E-state index contributed by atoms with van der Waals surface area (Å²) in [6.45, 7) is 9.46. The lowest BCUT2D eigenvalue weighted by atomic mass is 9.98. The Morgan fingerprint density at radius 1 is 1.21 bits per heavy atom. The van der Waals surface area contributed by atoms with E-state index in [1.54, 1.807) is 12.4 Å². The summed E-state index contributed by atoms with van der Waals surface area (Å²) in [6.07, 6.45) is 4.32. The minimum Gasteiger partial charge on any atom is -0.353 e. The maximum absolute atomic E-state index is 12.8. The van der Waals surface area contributed by atoms with Crippen molar-refractivity contribution in [2.24, 2.45) is 0 Å². The van der Waals surface area contributed by atoms with Crippen LogP contribution in [0, 0.1) is 0 Å². The Kier molecular flexibility index (Phi) is 4.80. The number of hydrogen-bond acceptors (Lipinski definition) is 6. The van der Waals surface area contributed by atoms with Gasteiger partial charge in [-0.1, -0.05) is 20.8 Å². The predicted octanol–water partition coefficient (Wildman–Crippen LogP) is 2.58. The molecular weight excluding hydrogens is 322 g/mol. The van der Waals surface area contributed by atoms with Crippen molar-refractivity contribution in [3.8, 4) is 0 Å². The standard InChI is InChI=1S/C17H23N5OS/c1-17(2,3)16-18-12-13(24-16)15(23)22-9-5-8-21(10-11-22)14-6-4-7-19-20-14/h4,6-7,12H,5,8-11H2,1-3H3. The monoisotopic (exact) mass is 345 g/mol. The minimum absolute atomic E-state index is 0.0231. The van der Waals surface area contributed by atoms with Crippen LogP contribution in [0.5, 0.6) is 0 Å². The summed E-state index contributed by atoms with van der Waals surface area (Å²) in [7, 11) is 0. The third-order valence-corrected chi connectivity index (χ3v) is 5.43. The molecule has 24 heavy (non-hydrogen) atoms. The molecule has 128 valence electrons. The quantitative estimate of drug-likeness (QED) is 0.837. The van der Waals surface area contributed by atoms with Gasteiger partial charge in [0.05, 0.1) is 11.2 Å². The van der Waals surface area contributed by atoms with Gasteiger partial charge in [0, 0.05) is 37.8 Å². The highest BCUT2D eigenvalue weighted by Crippen LogP contribution is 2.27. The molecule has 2 aromatic heterocycles. The molecule has 0 N–H and O–H groups in total. The van der Waals surface area contributed by atoms with Gasteiger partial charge in [0.25, 0.3) is 5.91 Å². The van der Waals surface area contributed by atoms with Crippen molar-refractivity contribution >= 4 is 23.1 Å². The molecule has 0 unspecified atom stereocenters. The number of hydrogen-bond donors (Lipinski definition) is 0. The lowest BCUT2D eigenvalue weighted by Crippen LogP contribution is -2.35. The van der Waals surface area contributed by atoms with Gasteiger partial charge >= 0.3 is 0 Å². The molecule has 0 atom stereocenters. The molecule has 1 saturated heterocycles. The van der Waals surface area contributed by atoms with Gasteiger partial charge in [-0.05, 0) is 18.6 Å². The van der Waals surface area contributed by atoms with Crippen LogP contribution in [0.4, 0.5) is 5.82 Å². The fraction of sp³-hybridized carbons (Fsp3) is 0.529. The summed E-state index contributed by atoms with van der Waals surface area (Å²) in [6, 6.07) is 3.85. The highest BCUT2D eigenvalue weighted by Gasteiger charge is 2.25. The number of carbonyl (C=O) groups excluding carboxylic acids is 1. The van der Waals surface area contributed by atoms with Gasteiger partial charge in [-0.3, -0.25) is 4.79 Å². The van der Waals surface area contributed by atoms with E-state index in [1.807, 2.05) is 17.0 Å². The second-order valence-corrected chi connectivity index (χ2v) is 8.02. The molecule has 1 aliphatic rings. The average Bonchev–Trinajstić information content (AvgIpc) is 2.94. The van der Waals surface area contributed by atoms with E-state index in [2.05, 4.69) is 40.9 Å². The average molecular weight is 345 g/mol. The van der Waals surface area contributed by atoms with Gasteiger partial charge in [0.15, 0.2) is 5.82 Å². The van der Waals surface area contributed by atoms with E-state index in [1.165, 1.54) is 11.3 Å². The summed E-state index contributed by atoms with van der Waals surface area (Å²) in [4.78, 5) is 22.1. The van der Waals surface area contributed by atoms with Crippen LogP contribution in [0.2, 0.25) is 0 Å². The van der Waals surface area contributed by atoms with E-state index < -0.39 is 0 Å². The summed E-state index contributed by atoms with van der Waals surface area (Å²) >= 11 is 1.51. The first-order valence-corrected chi connectivity index (χ1v) is 9.05. The van der Waals surface area contributed by atoms with Gasteiger partial charge in [0.1, 0.15) is 4.88 Å². The molecule has 0 saturated carbocycles. The van der Waals surface area contributed by atoms with Crippen molar-refractivity contribution in [3.63, 3.8) is 0 Å². The van der Waals surface area contributed by atoms with Gasteiger partial charge < -0.3 is 9.80 Å². The van der Waals surface area contributed by atoms with Crippen LogP contribution in [0.1, 0.15) is 41.9 Å². The third kappa shape index (κ3) is 3.72. The molecular formula is C17H23N5OS. The number of nitrogens with zero attached hydrogens (tertiary/aromatic N) is 5. The van der Waals surface area contributed by atoms with Crippen LogP contribution in [0.25, 0.3) is 0 Å². The molecule has 0 aliphatic carbocycles. The van der Waals surface area contributed by atoms with Gasteiger partial charge in [-0.25, -0.2) is 4.98 Å². The second kappa shape index (κ2) is 6.84. The van der Waals surface area contributed by atoms with E-state index in [9.17, 15) is 4.79 Å². The maximum Gasteiger partial charge on any atom is 0.265 e. The fourth-order valence-corrected chi connectivity index (χ4v) is 3.63. The van der Waals surface area contributed by atoms with Crippen LogP contribution < -0.4 is 4.90 Å². The van der Waals surface area contributed by atoms with Crippen LogP contribution in [-0.2, 0) is 5.41 Å². The first kappa shape index (κ1) is 16.8. The predicted molar refractivity (Wildman–Crippen MR) is 95.6 cm³/mol. The Morgan fingerprint density at radius 3 is 2.71 bits per heavy atom. The van der Waals surface area contributed by atoms with E-state index >= 15 is 0 Å². The molecule has 1 aliphatic heterocycles. The Labute approximate surface area is 146 Å². The maximum atomic E-state index is 12.8. The van der Waals surface area contributed by atoms with Gasteiger partial charge in [-0.2, -0.15) is 5.10 Å². The molecule has 1 fully saturated rings. The van der Waals surface area contributed by atoms with Gasteiger partial charge in [0.2, 0.25) is 0 Å². The topological polar surface area (TPSA) is 62.2 Å². The van der Waals surface area contributed by atoms with Crippen LogP contribution >= 0.6 is 11.3 Å². The molecule has 7 heteroatoms. The smallest absolute Gasteiger partial charge is 0.265 e.